The van der Waals surface area contributed by atoms with Crippen LogP contribution in [0.3, 0.4) is 0 Å². The Balaban J connectivity index is 3.16. The summed E-state index contributed by atoms with van der Waals surface area (Å²) in [7, 11) is 0. The summed E-state index contributed by atoms with van der Waals surface area (Å²) in [5, 5.41) is 9.10. The van der Waals surface area contributed by atoms with Crippen molar-refractivity contribution in [3.05, 3.63) is 29.6 Å². The van der Waals surface area contributed by atoms with E-state index in [2.05, 4.69) is 5.92 Å². The number of rotatable bonds is 1. The molecule has 0 radical (unpaired) electrons. The topological polar surface area (TPSA) is 24.1 Å². The number of terminal acetylenes is 1. The molecule has 0 bridgehead atoms. The molecule has 1 aromatic heterocycles. The summed E-state index contributed by atoms with van der Waals surface area (Å²) in [6.45, 7) is 1.66. The van der Waals surface area contributed by atoms with Crippen molar-refractivity contribution >= 4 is 0 Å². The van der Waals surface area contributed by atoms with Crippen LogP contribution >= 0.6 is 0 Å². The smallest absolute Gasteiger partial charge is 0.285 e. The van der Waals surface area contributed by atoms with Crippen LogP contribution in [0.4, 0.5) is 13.2 Å². The average Bonchev–Trinajstić information content (AvgIpc) is 2.14. The molecule has 80 valence electrons. The zero-order chi connectivity index (χ0) is 11.6. The van der Waals surface area contributed by atoms with Crippen LogP contribution in [-0.4, -0.2) is 5.21 Å². The first-order valence-electron chi connectivity index (χ1n) is 4.14. The van der Waals surface area contributed by atoms with Gasteiger partial charge in [-0.25, -0.2) is 0 Å². The van der Waals surface area contributed by atoms with Crippen molar-refractivity contribution < 1.29 is 23.1 Å². The largest absolute Gasteiger partial charge is 0.482 e. The molecular formula is C10H9F3NO+. The highest BCUT2D eigenvalue weighted by molar-refractivity contribution is 5.22. The normalized spacial score (nSPS) is 13.3. The Kier molecular flexibility index (Phi) is 2.89. The molecule has 0 aliphatic rings. The Hall–Kier alpha value is -1.70. The van der Waals surface area contributed by atoms with Gasteiger partial charge in [-0.3, -0.25) is 5.21 Å². The summed E-state index contributed by atoms with van der Waals surface area (Å²) in [6.07, 6.45) is 1.50. The lowest BCUT2D eigenvalue weighted by Crippen LogP contribution is -2.39. The minimum Gasteiger partial charge on any atom is -0.285 e. The standard InChI is InChI=1S/C10H9F3NO/c1-3-7(2)8-4-5-9(10(11,12)13)14(15)6-8/h1,4-7,15H,2H3/q+1/t7-/m1/s1. The zero-order valence-electron chi connectivity index (χ0n) is 7.92. The van der Waals surface area contributed by atoms with Crippen LogP contribution in [0.1, 0.15) is 24.1 Å². The molecule has 5 heteroatoms. The van der Waals surface area contributed by atoms with Gasteiger partial charge in [0.2, 0.25) is 6.20 Å². The van der Waals surface area contributed by atoms with Gasteiger partial charge >= 0.3 is 11.9 Å². The molecular weight excluding hydrogens is 207 g/mol. The van der Waals surface area contributed by atoms with Gasteiger partial charge in [-0.05, 0) is 13.0 Å². The molecule has 0 fully saturated rings. The summed E-state index contributed by atoms with van der Waals surface area (Å²) in [6, 6.07) is 2.04. The first-order chi connectivity index (χ1) is 6.86. The van der Waals surface area contributed by atoms with E-state index in [1.54, 1.807) is 6.92 Å². The second kappa shape index (κ2) is 3.81. The molecule has 0 aromatic carbocycles. The lowest BCUT2D eigenvalue weighted by Gasteiger charge is -2.04. The highest BCUT2D eigenvalue weighted by Gasteiger charge is 2.42. The molecule has 1 N–H and O–H groups in total. The lowest BCUT2D eigenvalue weighted by atomic mass is 10.0. The van der Waals surface area contributed by atoms with E-state index < -0.39 is 11.9 Å². The molecule has 0 saturated heterocycles. The van der Waals surface area contributed by atoms with Gasteiger partial charge in [-0.2, -0.15) is 13.2 Å². The van der Waals surface area contributed by atoms with Crippen molar-refractivity contribution in [3.63, 3.8) is 0 Å². The monoisotopic (exact) mass is 216 g/mol. The predicted molar refractivity (Wildman–Crippen MR) is 46.1 cm³/mol. The Morgan fingerprint density at radius 2 is 2.07 bits per heavy atom. The molecule has 0 aliphatic heterocycles. The van der Waals surface area contributed by atoms with E-state index in [0.717, 1.165) is 12.3 Å². The van der Waals surface area contributed by atoms with Gasteiger partial charge in [0.1, 0.15) is 0 Å². The van der Waals surface area contributed by atoms with E-state index >= 15 is 0 Å². The summed E-state index contributed by atoms with van der Waals surface area (Å²) >= 11 is 0. The quantitative estimate of drug-likeness (QED) is 0.433. The molecule has 1 heterocycles. The number of pyridine rings is 1. The number of nitrogens with zero attached hydrogens (tertiary/aromatic N) is 1. The highest BCUT2D eigenvalue weighted by Crippen LogP contribution is 2.26. The highest BCUT2D eigenvalue weighted by atomic mass is 19.4. The van der Waals surface area contributed by atoms with Gasteiger partial charge in [-0.1, -0.05) is 5.92 Å². The maximum Gasteiger partial charge on any atom is 0.482 e. The van der Waals surface area contributed by atoms with Crippen LogP contribution in [0.15, 0.2) is 18.3 Å². The van der Waals surface area contributed by atoms with E-state index in [1.807, 2.05) is 0 Å². The number of halogens is 3. The molecule has 1 atom stereocenters. The van der Waals surface area contributed by atoms with Crippen molar-refractivity contribution in [2.24, 2.45) is 0 Å². The third kappa shape index (κ3) is 2.40. The van der Waals surface area contributed by atoms with Crippen molar-refractivity contribution in [1.82, 2.24) is 0 Å². The number of hydrogen-bond donors (Lipinski definition) is 1. The van der Waals surface area contributed by atoms with E-state index in [9.17, 15) is 13.2 Å². The lowest BCUT2D eigenvalue weighted by molar-refractivity contribution is -0.915. The van der Waals surface area contributed by atoms with Crippen LogP contribution in [0.5, 0.6) is 0 Å². The van der Waals surface area contributed by atoms with Gasteiger partial charge < -0.3 is 0 Å². The van der Waals surface area contributed by atoms with Gasteiger partial charge in [-0.15, -0.1) is 6.42 Å². The molecule has 1 rings (SSSR count). The predicted octanol–water partition coefficient (Wildman–Crippen LogP) is 1.97. The molecule has 0 amide bonds. The first-order valence-corrected chi connectivity index (χ1v) is 4.14. The van der Waals surface area contributed by atoms with Gasteiger partial charge in [0.15, 0.2) is 0 Å². The van der Waals surface area contributed by atoms with E-state index in [1.165, 1.54) is 6.07 Å². The third-order valence-corrected chi connectivity index (χ3v) is 1.99. The molecule has 0 spiro atoms. The molecule has 15 heavy (non-hydrogen) atoms. The first kappa shape index (κ1) is 11.4. The summed E-state index contributed by atoms with van der Waals surface area (Å²) in [4.78, 5) is 0. The van der Waals surface area contributed by atoms with Crippen molar-refractivity contribution in [3.8, 4) is 12.3 Å². The van der Waals surface area contributed by atoms with Crippen LogP contribution in [0.25, 0.3) is 0 Å². The Morgan fingerprint density at radius 3 is 2.47 bits per heavy atom. The molecule has 1 aromatic rings. The van der Waals surface area contributed by atoms with E-state index in [-0.39, 0.29) is 10.6 Å². The maximum atomic E-state index is 12.2. The van der Waals surface area contributed by atoms with E-state index in [0.29, 0.717) is 5.56 Å². The molecule has 0 unspecified atom stereocenters. The van der Waals surface area contributed by atoms with Crippen LogP contribution in [-0.2, 0) is 6.18 Å². The Morgan fingerprint density at radius 1 is 1.47 bits per heavy atom. The van der Waals surface area contributed by atoms with Crippen LogP contribution < -0.4 is 4.73 Å². The van der Waals surface area contributed by atoms with E-state index in [4.69, 9.17) is 11.6 Å². The second-order valence-corrected chi connectivity index (χ2v) is 3.08. The van der Waals surface area contributed by atoms with Gasteiger partial charge in [0, 0.05) is 22.3 Å². The summed E-state index contributed by atoms with van der Waals surface area (Å²) < 4.78 is 36.8. The second-order valence-electron chi connectivity index (χ2n) is 3.08. The SMILES string of the molecule is C#C[C@@H](C)c1ccc(C(F)(F)F)[n+](O)c1. The fourth-order valence-corrected chi connectivity index (χ4v) is 1.08. The number of aromatic nitrogens is 1. The van der Waals surface area contributed by atoms with Crippen molar-refractivity contribution in [2.75, 3.05) is 0 Å². The average molecular weight is 216 g/mol. The minimum atomic E-state index is -4.58. The maximum absolute atomic E-state index is 12.2. The Labute approximate surface area is 84.9 Å². The molecule has 2 nitrogen and oxygen atoms in total. The number of hydrogen-bond acceptors (Lipinski definition) is 1. The van der Waals surface area contributed by atoms with Crippen molar-refractivity contribution in [1.29, 1.82) is 0 Å². The summed E-state index contributed by atoms with van der Waals surface area (Å²) in [5.41, 5.74) is -0.677. The number of alkyl halides is 3. The van der Waals surface area contributed by atoms with Crippen LogP contribution in [0, 0.1) is 12.3 Å². The van der Waals surface area contributed by atoms with Crippen LogP contribution in [0.2, 0.25) is 0 Å². The fourth-order valence-electron chi connectivity index (χ4n) is 1.08. The third-order valence-electron chi connectivity index (χ3n) is 1.99. The molecule has 0 aliphatic carbocycles. The fraction of sp³-hybridized carbons (Fsp3) is 0.300. The zero-order valence-corrected chi connectivity index (χ0v) is 7.92. The van der Waals surface area contributed by atoms with Gasteiger partial charge in [0.25, 0.3) is 0 Å². The molecule has 0 saturated carbocycles. The summed E-state index contributed by atoms with van der Waals surface area (Å²) in [5.74, 6) is 2.02. The minimum absolute atomic E-state index is 0.0448. The van der Waals surface area contributed by atoms with Gasteiger partial charge in [0.05, 0.1) is 0 Å². The Bertz CT molecular complexity index is 406. The van der Waals surface area contributed by atoms with Crippen molar-refractivity contribution in [2.45, 2.75) is 19.0 Å².